The summed E-state index contributed by atoms with van der Waals surface area (Å²) in [4.78, 5) is 2.60. The molecule has 0 aliphatic carbocycles. The van der Waals surface area contributed by atoms with Crippen LogP contribution >= 0.6 is 0 Å². The number of hydrogen-bond acceptors (Lipinski definition) is 2. The largest absolute Gasteiger partial charge is 0.329 e. The number of likely N-dealkylation sites (tertiary alicyclic amines) is 1. The summed E-state index contributed by atoms with van der Waals surface area (Å²) in [6, 6.07) is 0. The molecule has 1 aliphatic heterocycles. The van der Waals surface area contributed by atoms with Gasteiger partial charge in [-0.1, -0.05) is 27.7 Å². The van der Waals surface area contributed by atoms with E-state index in [0.29, 0.717) is 5.41 Å². The third kappa shape index (κ3) is 2.73. The summed E-state index contributed by atoms with van der Waals surface area (Å²) >= 11 is 0. The third-order valence-electron chi connectivity index (χ3n) is 4.38. The molecule has 0 aromatic carbocycles. The van der Waals surface area contributed by atoms with Gasteiger partial charge in [0, 0.05) is 18.6 Å². The number of hydrogen-bond donors (Lipinski definition) is 1. The molecule has 1 fully saturated rings. The van der Waals surface area contributed by atoms with Crippen LogP contribution in [-0.4, -0.2) is 30.1 Å². The van der Waals surface area contributed by atoms with Crippen molar-refractivity contribution in [2.45, 2.75) is 53.0 Å². The highest BCUT2D eigenvalue weighted by Crippen LogP contribution is 2.36. The van der Waals surface area contributed by atoms with E-state index < -0.39 is 0 Å². The second-order valence-corrected chi connectivity index (χ2v) is 6.35. The summed E-state index contributed by atoms with van der Waals surface area (Å²) in [5, 5.41) is 0. The number of nitrogens with zero attached hydrogens (tertiary/aromatic N) is 1. The molecule has 1 heterocycles. The van der Waals surface area contributed by atoms with Crippen molar-refractivity contribution < 1.29 is 0 Å². The van der Waals surface area contributed by atoms with Crippen molar-refractivity contribution in [1.82, 2.24) is 4.90 Å². The van der Waals surface area contributed by atoms with E-state index in [2.05, 4.69) is 39.5 Å². The highest BCUT2D eigenvalue weighted by Gasteiger charge is 2.38. The first kappa shape index (κ1) is 13.0. The molecule has 2 N–H and O–H groups in total. The molecular weight excluding hydrogens is 184 g/mol. The van der Waals surface area contributed by atoms with Gasteiger partial charge in [-0.25, -0.2) is 0 Å². The highest BCUT2D eigenvalue weighted by atomic mass is 15.2. The van der Waals surface area contributed by atoms with E-state index in [1.54, 1.807) is 0 Å². The van der Waals surface area contributed by atoms with Gasteiger partial charge in [0.2, 0.25) is 0 Å². The van der Waals surface area contributed by atoms with Gasteiger partial charge in [-0.15, -0.1) is 0 Å². The van der Waals surface area contributed by atoms with Gasteiger partial charge in [0.05, 0.1) is 0 Å². The Morgan fingerprint density at radius 2 is 1.87 bits per heavy atom. The Morgan fingerprint density at radius 1 is 1.27 bits per heavy atom. The van der Waals surface area contributed by atoms with Gasteiger partial charge in [-0.05, 0) is 37.6 Å². The SMILES string of the molecule is CCC(C)(CN)N1CCC(C(C)(C)C)C1. The molecule has 1 aliphatic rings. The van der Waals surface area contributed by atoms with Crippen LogP contribution in [0.2, 0.25) is 0 Å². The van der Waals surface area contributed by atoms with Crippen molar-refractivity contribution in [3.05, 3.63) is 0 Å². The molecule has 2 atom stereocenters. The summed E-state index contributed by atoms with van der Waals surface area (Å²) in [6.07, 6.45) is 2.49. The molecule has 1 rings (SSSR count). The van der Waals surface area contributed by atoms with Crippen molar-refractivity contribution in [3.8, 4) is 0 Å². The molecule has 90 valence electrons. The van der Waals surface area contributed by atoms with Crippen LogP contribution in [-0.2, 0) is 0 Å². The van der Waals surface area contributed by atoms with Crippen LogP contribution in [0.5, 0.6) is 0 Å². The molecule has 1 saturated heterocycles. The number of nitrogens with two attached hydrogens (primary N) is 1. The quantitative estimate of drug-likeness (QED) is 0.779. The van der Waals surface area contributed by atoms with Gasteiger partial charge in [-0.2, -0.15) is 0 Å². The summed E-state index contributed by atoms with van der Waals surface area (Å²) in [5.41, 5.74) is 6.57. The summed E-state index contributed by atoms with van der Waals surface area (Å²) in [5.74, 6) is 0.829. The van der Waals surface area contributed by atoms with Gasteiger partial charge in [0.1, 0.15) is 0 Å². The topological polar surface area (TPSA) is 29.3 Å². The zero-order valence-corrected chi connectivity index (χ0v) is 11.1. The van der Waals surface area contributed by atoms with Crippen LogP contribution in [0.25, 0.3) is 0 Å². The van der Waals surface area contributed by atoms with Crippen LogP contribution in [0.15, 0.2) is 0 Å². The Bertz CT molecular complexity index is 201. The zero-order valence-electron chi connectivity index (χ0n) is 11.1. The van der Waals surface area contributed by atoms with Gasteiger partial charge < -0.3 is 5.73 Å². The fourth-order valence-corrected chi connectivity index (χ4v) is 2.45. The molecule has 0 aromatic heterocycles. The lowest BCUT2D eigenvalue weighted by atomic mass is 9.80. The molecule has 15 heavy (non-hydrogen) atoms. The van der Waals surface area contributed by atoms with Gasteiger partial charge in [0.15, 0.2) is 0 Å². The second-order valence-electron chi connectivity index (χ2n) is 6.35. The Kier molecular flexibility index (Phi) is 3.83. The monoisotopic (exact) mass is 212 g/mol. The zero-order chi connectivity index (χ0) is 11.7. The molecule has 0 radical (unpaired) electrons. The second kappa shape index (κ2) is 4.42. The van der Waals surface area contributed by atoms with E-state index in [1.165, 1.54) is 19.5 Å². The van der Waals surface area contributed by atoms with Crippen molar-refractivity contribution in [1.29, 1.82) is 0 Å². The van der Waals surface area contributed by atoms with E-state index >= 15 is 0 Å². The molecule has 0 aromatic rings. The van der Waals surface area contributed by atoms with E-state index in [9.17, 15) is 0 Å². The summed E-state index contributed by atoms with van der Waals surface area (Å²) in [7, 11) is 0. The first-order valence-electron chi connectivity index (χ1n) is 6.28. The first-order chi connectivity index (χ1) is 6.83. The minimum Gasteiger partial charge on any atom is -0.329 e. The first-order valence-corrected chi connectivity index (χ1v) is 6.28. The van der Waals surface area contributed by atoms with E-state index in [-0.39, 0.29) is 5.54 Å². The molecule has 2 nitrogen and oxygen atoms in total. The predicted molar refractivity (Wildman–Crippen MR) is 66.9 cm³/mol. The smallest absolute Gasteiger partial charge is 0.0301 e. The van der Waals surface area contributed by atoms with Crippen LogP contribution in [0, 0.1) is 11.3 Å². The van der Waals surface area contributed by atoms with E-state index in [0.717, 1.165) is 18.9 Å². The van der Waals surface area contributed by atoms with Crippen LogP contribution in [0.1, 0.15) is 47.5 Å². The lowest BCUT2D eigenvalue weighted by molar-refractivity contribution is 0.119. The summed E-state index contributed by atoms with van der Waals surface area (Å²) < 4.78 is 0. The van der Waals surface area contributed by atoms with E-state index in [1.807, 2.05) is 0 Å². The van der Waals surface area contributed by atoms with Gasteiger partial charge in [-0.3, -0.25) is 4.90 Å². The maximum atomic E-state index is 5.91. The molecule has 0 amide bonds. The van der Waals surface area contributed by atoms with Crippen molar-refractivity contribution >= 4 is 0 Å². The number of rotatable bonds is 3. The van der Waals surface area contributed by atoms with Crippen LogP contribution < -0.4 is 5.73 Å². The average Bonchev–Trinajstić information content (AvgIpc) is 2.65. The molecule has 2 unspecified atom stereocenters. The van der Waals surface area contributed by atoms with Gasteiger partial charge >= 0.3 is 0 Å². The minimum absolute atomic E-state index is 0.222. The Balaban J connectivity index is 2.63. The normalized spacial score (nSPS) is 28.0. The highest BCUT2D eigenvalue weighted by molar-refractivity contribution is 4.93. The lowest BCUT2D eigenvalue weighted by Gasteiger charge is -2.38. The van der Waals surface area contributed by atoms with Crippen LogP contribution in [0.4, 0.5) is 0 Å². The Labute approximate surface area is 95.2 Å². The average molecular weight is 212 g/mol. The van der Waals surface area contributed by atoms with Crippen molar-refractivity contribution in [2.75, 3.05) is 19.6 Å². The van der Waals surface area contributed by atoms with E-state index in [4.69, 9.17) is 5.73 Å². The molecule has 0 spiro atoms. The third-order valence-corrected chi connectivity index (χ3v) is 4.38. The maximum Gasteiger partial charge on any atom is 0.0301 e. The summed E-state index contributed by atoms with van der Waals surface area (Å²) in [6.45, 7) is 14.8. The van der Waals surface area contributed by atoms with Crippen molar-refractivity contribution in [3.63, 3.8) is 0 Å². The van der Waals surface area contributed by atoms with Crippen LogP contribution in [0.3, 0.4) is 0 Å². The maximum absolute atomic E-state index is 5.91. The standard InChI is InChI=1S/C13H28N2/c1-6-13(5,10-14)15-8-7-11(9-15)12(2,3)4/h11H,6-10,14H2,1-5H3. The van der Waals surface area contributed by atoms with Gasteiger partial charge in [0.25, 0.3) is 0 Å². The molecular formula is C13H28N2. The molecule has 0 bridgehead atoms. The Morgan fingerprint density at radius 3 is 2.20 bits per heavy atom. The fraction of sp³-hybridized carbons (Fsp3) is 1.00. The minimum atomic E-state index is 0.222. The fourth-order valence-electron chi connectivity index (χ4n) is 2.45. The van der Waals surface area contributed by atoms with Crippen molar-refractivity contribution in [2.24, 2.45) is 17.1 Å². The lowest BCUT2D eigenvalue weighted by Crippen LogP contribution is -2.50. The molecule has 2 heteroatoms. The molecule has 0 saturated carbocycles. The Hall–Kier alpha value is -0.0800. The predicted octanol–water partition coefficient (Wildman–Crippen LogP) is 2.48.